The lowest BCUT2D eigenvalue weighted by Gasteiger charge is -2.32. The maximum Gasteiger partial charge on any atom is 0.487 e. The molecule has 0 aromatic carbocycles. The molecule has 1 fully saturated rings. The lowest BCUT2D eigenvalue weighted by atomic mass is 9.89. The largest absolute Gasteiger partial charge is 0.487 e. The minimum absolute atomic E-state index is 0.299. The first kappa shape index (κ1) is 14.6. The molecule has 1 N–H and O–H groups in total. The summed E-state index contributed by atoms with van der Waals surface area (Å²) in [4.78, 5) is 4.49. The number of pyridine rings is 1. The fraction of sp³-hybridized carbons (Fsp3) is 0.562. The van der Waals surface area contributed by atoms with Gasteiger partial charge < -0.3 is 14.6 Å². The van der Waals surface area contributed by atoms with E-state index in [0.29, 0.717) is 0 Å². The van der Waals surface area contributed by atoms with Crippen molar-refractivity contribution in [2.24, 2.45) is 0 Å². The first-order valence-corrected chi connectivity index (χ1v) is 7.65. The Kier molecular flexibility index (Phi) is 3.58. The Morgan fingerprint density at radius 1 is 1.24 bits per heavy atom. The molecule has 0 amide bonds. The van der Waals surface area contributed by atoms with Crippen molar-refractivity contribution in [2.45, 2.75) is 51.7 Å². The van der Waals surface area contributed by atoms with Crippen molar-refractivity contribution < 1.29 is 9.31 Å². The number of hydrogen-bond acceptors (Lipinski definition) is 4. The predicted molar refractivity (Wildman–Crippen MR) is 86.2 cm³/mol. The van der Waals surface area contributed by atoms with E-state index in [1.807, 2.05) is 24.3 Å². The van der Waals surface area contributed by atoms with Crippen LogP contribution in [0.15, 0.2) is 18.2 Å². The van der Waals surface area contributed by atoms with Gasteiger partial charge >= 0.3 is 7.12 Å². The topological polar surface area (TPSA) is 43.4 Å². The van der Waals surface area contributed by atoms with Crippen molar-refractivity contribution in [3.8, 4) is 0 Å². The average molecular weight is 286 g/mol. The highest BCUT2D eigenvalue weighted by atomic mass is 16.7. The number of nitrogens with one attached hydrogen (secondary N) is 1. The van der Waals surface area contributed by atoms with Gasteiger partial charge in [-0.2, -0.15) is 0 Å². The van der Waals surface area contributed by atoms with Gasteiger partial charge in [0.1, 0.15) is 0 Å². The maximum atomic E-state index is 5.98. The summed E-state index contributed by atoms with van der Waals surface area (Å²) in [7, 11) is -0.316. The van der Waals surface area contributed by atoms with Gasteiger partial charge in [0.05, 0.1) is 16.9 Å². The zero-order chi connectivity index (χ0) is 15.1. The van der Waals surface area contributed by atoms with Gasteiger partial charge in [0.15, 0.2) is 0 Å². The summed E-state index contributed by atoms with van der Waals surface area (Å²) in [5.74, 6) is 1.97. The molecule has 112 valence electrons. The Balaban J connectivity index is 1.79. The third-order valence-corrected chi connectivity index (χ3v) is 4.69. The van der Waals surface area contributed by atoms with E-state index in [4.69, 9.17) is 9.31 Å². The molecule has 0 saturated carbocycles. The fourth-order valence-electron chi connectivity index (χ4n) is 2.71. The monoisotopic (exact) mass is 286 g/mol. The standard InChI is InChI=1S/C16H23BN2O2/c1-15(2)16(3,4)21-17(20-15)9-7-13-12-6-5-10-18-14(12)8-11-19-13/h7-9,11,18H,5-6,10H2,1-4H3/b9-7+. The molecule has 2 aliphatic heterocycles. The van der Waals surface area contributed by atoms with Crippen LogP contribution in [0, 0.1) is 0 Å². The molecule has 3 rings (SSSR count). The first-order valence-electron chi connectivity index (χ1n) is 7.65. The molecular formula is C16H23BN2O2. The zero-order valence-electron chi connectivity index (χ0n) is 13.3. The lowest BCUT2D eigenvalue weighted by Crippen LogP contribution is -2.41. The smallest absolute Gasteiger partial charge is 0.400 e. The maximum absolute atomic E-state index is 5.98. The van der Waals surface area contributed by atoms with Gasteiger partial charge in [0.25, 0.3) is 0 Å². The number of rotatable bonds is 2. The Labute approximate surface area is 127 Å². The summed E-state index contributed by atoms with van der Waals surface area (Å²) in [6, 6.07) is 2.04. The summed E-state index contributed by atoms with van der Waals surface area (Å²) in [5, 5.41) is 3.42. The molecule has 21 heavy (non-hydrogen) atoms. The number of anilines is 1. The third-order valence-electron chi connectivity index (χ3n) is 4.69. The highest BCUT2D eigenvalue weighted by Gasteiger charge is 2.50. The number of nitrogens with zero attached hydrogens (tertiary/aromatic N) is 1. The Morgan fingerprint density at radius 3 is 2.67 bits per heavy atom. The van der Waals surface area contributed by atoms with Gasteiger partial charge in [-0.15, -0.1) is 0 Å². The Bertz CT molecular complexity index is 553. The minimum Gasteiger partial charge on any atom is -0.400 e. The van der Waals surface area contributed by atoms with Crippen LogP contribution in [0.5, 0.6) is 0 Å². The highest BCUT2D eigenvalue weighted by molar-refractivity contribution is 6.52. The van der Waals surface area contributed by atoms with E-state index in [1.54, 1.807) is 0 Å². The lowest BCUT2D eigenvalue weighted by molar-refractivity contribution is 0.00578. The Morgan fingerprint density at radius 2 is 1.95 bits per heavy atom. The molecule has 1 aromatic heterocycles. The van der Waals surface area contributed by atoms with Crippen LogP contribution < -0.4 is 5.32 Å². The van der Waals surface area contributed by atoms with Gasteiger partial charge in [-0.05, 0) is 52.7 Å². The molecule has 3 heterocycles. The van der Waals surface area contributed by atoms with Crippen molar-refractivity contribution in [1.29, 1.82) is 0 Å². The molecular weight excluding hydrogens is 263 g/mol. The molecule has 0 spiro atoms. The minimum atomic E-state index is -0.316. The van der Waals surface area contributed by atoms with Crippen LogP contribution in [-0.4, -0.2) is 29.8 Å². The molecule has 5 heteroatoms. The number of aromatic nitrogens is 1. The van der Waals surface area contributed by atoms with E-state index in [0.717, 1.165) is 25.1 Å². The first-order chi connectivity index (χ1) is 9.89. The van der Waals surface area contributed by atoms with Gasteiger partial charge in [-0.1, -0.05) is 5.98 Å². The number of hydrogen-bond donors (Lipinski definition) is 1. The second-order valence-corrected chi connectivity index (χ2v) is 6.74. The van der Waals surface area contributed by atoms with Gasteiger partial charge in [0.2, 0.25) is 0 Å². The predicted octanol–water partition coefficient (Wildman–Crippen LogP) is 3.08. The summed E-state index contributed by atoms with van der Waals surface area (Å²) in [5.41, 5.74) is 2.90. The molecule has 4 nitrogen and oxygen atoms in total. The molecule has 1 saturated heterocycles. The normalized spacial score (nSPS) is 23.1. The molecule has 0 unspecified atom stereocenters. The third kappa shape index (κ3) is 2.72. The second kappa shape index (κ2) is 5.14. The van der Waals surface area contributed by atoms with Gasteiger partial charge in [-0.3, -0.25) is 4.98 Å². The van der Waals surface area contributed by atoms with Crippen LogP contribution in [-0.2, 0) is 15.7 Å². The van der Waals surface area contributed by atoms with Crippen molar-refractivity contribution in [1.82, 2.24) is 4.98 Å². The van der Waals surface area contributed by atoms with Crippen molar-refractivity contribution >= 4 is 18.9 Å². The summed E-state index contributed by atoms with van der Waals surface area (Å²) in [6.45, 7) is 9.29. The van der Waals surface area contributed by atoms with E-state index in [9.17, 15) is 0 Å². The van der Waals surface area contributed by atoms with Crippen LogP contribution in [0.25, 0.3) is 6.08 Å². The van der Waals surface area contributed by atoms with Crippen LogP contribution >= 0.6 is 0 Å². The highest BCUT2D eigenvalue weighted by Crippen LogP contribution is 2.37. The second-order valence-electron chi connectivity index (χ2n) is 6.74. The van der Waals surface area contributed by atoms with Crippen LogP contribution in [0.2, 0.25) is 0 Å². The van der Waals surface area contributed by atoms with Crippen molar-refractivity contribution in [2.75, 3.05) is 11.9 Å². The fourth-order valence-corrected chi connectivity index (χ4v) is 2.71. The van der Waals surface area contributed by atoms with Crippen LogP contribution in [0.4, 0.5) is 5.69 Å². The molecule has 0 atom stereocenters. The average Bonchev–Trinajstić information content (AvgIpc) is 2.64. The van der Waals surface area contributed by atoms with Crippen LogP contribution in [0.3, 0.4) is 0 Å². The number of fused-ring (bicyclic) bond motifs is 1. The Hall–Kier alpha value is -1.33. The van der Waals surface area contributed by atoms with Crippen molar-refractivity contribution in [3.05, 3.63) is 29.5 Å². The van der Waals surface area contributed by atoms with Crippen molar-refractivity contribution in [3.63, 3.8) is 0 Å². The van der Waals surface area contributed by atoms with E-state index in [-0.39, 0.29) is 18.3 Å². The summed E-state index contributed by atoms with van der Waals surface area (Å²) in [6.07, 6.45) is 6.09. The van der Waals surface area contributed by atoms with E-state index in [2.05, 4.69) is 38.0 Å². The summed E-state index contributed by atoms with van der Waals surface area (Å²) < 4.78 is 12.0. The van der Waals surface area contributed by atoms with Crippen LogP contribution in [0.1, 0.15) is 45.4 Å². The molecule has 1 aromatic rings. The molecule has 2 aliphatic rings. The zero-order valence-corrected chi connectivity index (χ0v) is 13.3. The summed E-state index contributed by atoms with van der Waals surface area (Å²) >= 11 is 0. The van der Waals surface area contributed by atoms with E-state index < -0.39 is 0 Å². The van der Waals surface area contributed by atoms with Gasteiger partial charge in [0, 0.05) is 24.0 Å². The molecule has 0 aliphatic carbocycles. The van der Waals surface area contributed by atoms with E-state index in [1.165, 1.54) is 11.3 Å². The molecule has 0 bridgehead atoms. The van der Waals surface area contributed by atoms with E-state index >= 15 is 0 Å². The quantitative estimate of drug-likeness (QED) is 0.848. The molecule has 0 radical (unpaired) electrons. The SMILES string of the molecule is CC1(C)OB(/C=C/c2nccc3c2CCCN3)OC1(C)C. The van der Waals surface area contributed by atoms with Gasteiger partial charge in [-0.25, -0.2) is 0 Å².